The van der Waals surface area contributed by atoms with Crippen molar-refractivity contribution in [3.05, 3.63) is 16.6 Å². The molecule has 2 saturated heterocycles. The Balaban J connectivity index is 1.94. The van der Waals surface area contributed by atoms with Gasteiger partial charge in [0.15, 0.2) is 8.32 Å². The maximum atomic E-state index is 13.8. The molecule has 0 aromatic carbocycles. The van der Waals surface area contributed by atoms with Crippen LogP contribution in [0.4, 0.5) is 0 Å². The minimum absolute atomic E-state index is 0.0190. The van der Waals surface area contributed by atoms with Crippen LogP contribution in [0, 0.1) is 29.1 Å². The van der Waals surface area contributed by atoms with Gasteiger partial charge in [0.1, 0.15) is 16.2 Å². The summed E-state index contributed by atoms with van der Waals surface area (Å²) in [5, 5.41) is 2.24. The normalized spacial score (nSPS) is 33.8. The number of hydrogen-bond acceptors (Lipinski definition) is 8. The number of ether oxygens (including phenoxy) is 1. The molecule has 2 fully saturated rings. The maximum absolute atomic E-state index is 13.8. The number of cyclic esters (lactones) is 1. The molecular weight excluding hydrogens is 629 g/mol. The van der Waals surface area contributed by atoms with Crippen molar-refractivity contribution in [2.75, 3.05) is 19.4 Å². The molecule has 0 radical (unpaired) electrons. The fourth-order valence-electron chi connectivity index (χ4n) is 6.90. The van der Waals surface area contributed by atoms with Crippen LogP contribution >= 0.6 is 23.1 Å². The first-order valence-electron chi connectivity index (χ1n) is 17.5. The molecule has 46 heavy (non-hydrogen) atoms. The molecule has 0 amide bonds. The zero-order valence-corrected chi connectivity index (χ0v) is 34.0. The molecule has 262 valence electrons. The second-order valence-corrected chi connectivity index (χ2v) is 23.4. The van der Waals surface area contributed by atoms with Crippen molar-refractivity contribution in [3.8, 4) is 0 Å². The molecule has 0 N–H and O–H groups in total. The first-order valence-corrected chi connectivity index (χ1v) is 22.5. The van der Waals surface area contributed by atoms with Gasteiger partial charge in [0.25, 0.3) is 0 Å². The number of nitrogens with zero attached hydrogens (tertiary/aromatic N) is 2. The van der Waals surface area contributed by atoms with Gasteiger partial charge >= 0.3 is 5.97 Å². The van der Waals surface area contributed by atoms with Gasteiger partial charge in [-0.2, -0.15) is 0 Å². The minimum atomic E-state index is -1.86. The summed E-state index contributed by atoms with van der Waals surface area (Å²) in [6.07, 6.45) is 8.00. The van der Waals surface area contributed by atoms with Crippen LogP contribution in [0.2, 0.25) is 18.1 Å². The number of aromatic nitrogens is 1. The van der Waals surface area contributed by atoms with Crippen molar-refractivity contribution in [1.82, 2.24) is 9.88 Å². The van der Waals surface area contributed by atoms with E-state index in [1.165, 1.54) is 0 Å². The highest BCUT2D eigenvalue weighted by Gasteiger charge is 2.58. The van der Waals surface area contributed by atoms with Crippen LogP contribution in [0.15, 0.2) is 15.3 Å². The smallest absolute Gasteiger partial charge is 0.306 e. The summed E-state index contributed by atoms with van der Waals surface area (Å²) in [7, 11) is -1.86. The third kappa shape index (κ3) is 9.16. The number of carbonyl (C=O) groups excluding carboxylic acids is 2. The van der Waals surface area contributed by atoms with Gasteiger partial charge in [-0.15, -0.1) is 11.3 Å². The molecule has 0 spiro atoms. The topological polar surface area (TPSA) is 68.5 Å². The zero-order chi connectivity index (χ0) is 34.8. The number of carbonyl (C=O) groups is 2. The molecule has 0 saturated carbocycles. The number of rotatable bonds is 7. The zero-order valence-electron chi connectivity index (χ0n) is 31.4. The van der Waals surface area contributed by atoms with E-state index < -0.39 is 13.7 Å². The summed E-state index contributed by atoms with van der Waals surface area (Å²) in [6.45, 7) is 30.3. The van der Waals surface area contributed by atoms with Gasteiger partial charge in [-0.05, 0) is 74.1 Å². The summed E-state index contributed by atoms with van der Waals surface area (Å²) >= 11 is 3.28. The van der Waals surface area contributed by atoms with Crippen molar-refractivity contribution in [2.45, 2.75) is 148 Å². The maximum Gasteiger partial charge on any atom is 0.306 e. The fourth-order valence-corrected chi connectivity index (χ4v) is 9.16. The van der Waals surface area contributed by atoms with E-state index in [0.29, 0.717) is 12.0 Å². The van der Waals surface area contributed by atoms with Gasteiger partial charge in [0.2, 0.25) is 0 Å². The van der Waals surface area contributed by atoms with Crippen LogP contribution < -0.4 is 0 Å². The summed E-state index contributed by atoms with van der Waals surface area (Å²) in [6, 6.07) is 0.295. The van der Waals surface area contributed by atoms with Crippen molar-refractivity contribution >= 4 is 49.2 Å². The van der Waals surface area contributed by atoms with E-state index in [1.807, 2.05) is 27.0 Å². The fraction of sp³-hybridized carbons (Fsp3) is 0.811. The van der Waals surface area contributed by atoms with Crippen LogP contribution in [0.25, 0.3) is 6.08 Å². The quantitative estimate of drug-likeness (QED) is 0.122. The Labute approximate surface area is 290 Å². The van der Waals surface area contributed by atoms with E-state index >= 15 is 0 Å². The second kappa shape index (κ2) is 15.3. The van der Waals surface area contributed by atoms with Gasteiger partial charge in [-0.3, -0.25) is 14.5 Å². The van der Waals surface area contributed by atoms with E-state index in [0.717, 1.165) is 54.4 Å². The lowest BCUT2D eigenvalue weighted by atomic mass is 9.67. The number of ketones is 1. The van der Waals surface area contributed by atoms with Crippen molar-refractivity contribution in [2.24, 2.45) is 29.1 Å². The van der Waals surface area contributed by atoms with E-state index in [2.05, 4.69) is 84.8 Å². The average molecular weight is 693 g/mol. The molecule has 6 nitrogen and oxygen atoms in total. The van der Waals surface area contributed by atoms with Crippen molar-refractivity contribution in [1.29, 1.82) is 0 Å². The largest absolute Gasteiger partial charge is 0.458 e. The summed E-state index contributed by atoms with van der Waals surface area (Å²) in [5.41, 5.74) is 1.32. The Hall–Kier alpha value is -1.00. The van der Waals surface area contributed by atoms with E-state index in [9.17, 15) is 9.59 Å². The van der Waals surface area contributed by atoms with Gasteiger partial charge < -0.3 is 9.16 Å². The lowest BCUT2D eigenvalue weighted by Gasteiger charge is -2.36. The molecule has 3 rings (SSSR count). The van der Waals surface area contributed by atoms with Crippen LogP contribution in [-0.4, -0.2) is 67.0 Å². The van der Waals surface area contributed by atoms with Crippen LogP contribution in [-0.2, 0) is 18.8 Å². The Morgan fingerprint density at radius 3 is 2.43 bits per heavy atom. The van der Waals surface area contributed by atoms with Gasteiger partial charge in [-0.25, -0.2) is 4.98 Å². The molecule has 1 aromatic rings. The highest BCUT2D eigenvalue weighted by Crippen LogP contribution is 2.49. The molecule has 9 heteroatoms. The Bertz CT molecular complexity index is 1240. The highest BCUT2D eigenvalue weighted by molar-refractivity contribution is 8.00. The number of hydrogen-bond donors (Lipinski definition) is 0. The molecule has 8 atom stereocenters. The Kier molecular flexibility index (Phi) is 13.1. The Morgan fingerprint density at radius 1 is 1.20 bits per heavy atom. The van der Waals surface area contributed by atoms with Crippen molar-refractivity contribution in [3.63, 3.8) is 0 Å². The first kappa shape index (κ1) is 39.4. The number of thioether (sulfide) groups is 1. The third-order valence-electron chi connectivity index (χ3n) is 12.3. The summed E-state index contributed by atoms with van der Waals surface area (Å²) in [4.78, 5) is 34.8. The van der Waals surface area contributed by atoms with Crippen LogP contribution in [0.5, 0.6) is 0 Å². The molecule has 2 aliphatic heterocycles. The number of Topliss-reactive ketones (excluding diaryl/α,β-unsaturated/α-hetero) is 1. The standard InChI is InChI=1S/C37H64N2O4S2Si/c1-24-16-15-17-37(11)31(39(37)18-19-42-46(13,14)35(6,7)8)22-30(25(2)20-29-23-45-34(38-29)44-12)43-32(40)21-26(3)36(9,10)33(41)28(5)27(24)4/h20,23-24,26-28,30-31H,15-19,21-22H2,1-14H3/b25-20+/t24-,26-,27-,28+,30-,31-,37+,39?/m0/s1. The Morgan fingerprint density at radius 2 is 1.85 bits per heavy atom. The molecule has 2 aliphatic rings. The van der Waals surface area contributed by atoms with Gasteiger partial charge in [0, 0.05) is 54.3 Å². The predicted octanol–water partition coefficient (Wildman–Crippen LogP) is 9.75. The molecule has 0 bridgehead atoms. The first-order chi connectivity index (χ1) is 21.2. The lowest BCUT2D eigenvalue weighted by molar-refractivity contribution is -0.150. The van der Waals surface area contributed by atoms with E-state index in [1.54, 1.807) is 23.1 Å². The van der Waals surface area contributed by atoms with Crippen molar-refractivity contribution < 1.29 is 18.8 Å². The molecule has 1 unspecified atom stereocenters. The molecule has 1 aromatic heterocycles. The van der Waals surface area contributed by atoms with E-state index in [-0.39, 0.29) is 52.6 Å². The minimum Gasteiger partial charge on any atom is -0.458 e. The van der Waals surface area contributed by atoms with Gasteiger partial charge in [-0.1, -0.05) is 86.9 Å². The molecule has 3 heterocycles. The second-order valence-electron chi connectivity index (χ2n) is 16.7. The SMILES string of the molecule is CSc1nc(/C=C(\C)[C@@H]2C[C@@H]3N(CCO[Si](C)(C)C(C)(C)C)[C@]3(C)CCC[C@H](C)[C@H](C)[C@@H](C)C(=O)C(C)(C)[C@@H](C)CC(=O)O2)cs1. The molecule has 0 aliphatic carbocycles. The monoisotopic (exact) mass is 692 g/mol. The van der Waals surface area contributed by atoms with Gasteiger partial charge in [0.05, 0.1) is 5.69 Å². The van der Waals surface area contributed by atoms with Crippen LogP contribution in [0.3, 0.4) is 0 Å². The summed E-state index contributed by atoms with van der Waals surface area (Å²) in [5.74, 6) is 0.555. The summed E-state index contributed by atoms with van der Waals surface area (Å²) < 4.78 is 14.0. The number of esters is 1. The predicted molar refractivity (Wildman–Crippen MR) is 198 cm³/mol. The molecular formula is C37H64N2O4S2Si. The van der Waals surface area contributed by atoms with E-state index in [4.69, 9.17) is 14.1 Å². The average Bonchev–Trinajstić information content (AvgIpc) is 3.26. The highest BCUT2D eigenvalue weighted by atomic mass is 32.2. The number of thiazole rings is 1. The third-order valence-corrected chi connectivity index (χ3v) is 18.8. The lowest BCUT2D eigenvalue weighted by Crippen LogP contribution is -2.42. The van der Waals surface area contributed by atoms with Crippen LogP contribution in [0.1, 0.15) is 114 Å². The number of fused-ring (bicyclic) bond motifs is 1.